The van der Waals surface area contributed by atoms with Crippen molar-refractivity contribution in [3.05, 3.63) is 59.7 Å². The monoisotopic (exact) mass is 342 g/mol. The number of benzene rings is 2. The van der Waals surface area contributed by atoms with Crippen LogP contribution in [0.3, 0.4) is 0 Å². The van der Waals surface area contributed by atoms with Crippen LogP contribution in [0.25, 0.3) is 11.1 Å². The summed E-state index contributed by atoms with van der Waals surface area (Å²) >= 11 is 0. The summed E-state index contributed by atoms with van der Waals surface area (Å²) in [4.78, 5) is 14.4. The van der Waals surface area contributed by atoms with Crippen LogP contribution in [0.1, 0.15) is 23.2 Å². The lowest BCUT2D eigenvalue weighted by Crippen LogP contribution is -2.33. The van der Waals surface area contributed by atoms with E-state index in [9.17, 15) is 13.6 Å². The van der Waals surface area contributed by atoms with Crippen LogP contribution in [-0.2, 0) is 0 Å². The third-order valence-electron chi connectivity index (χ3n) is 5.58. The van der Waals surface area contributed by atoms with Gasteiger partial charge >= 0.3 is 0 Å². The van der Waals surface area contributed by atoms with Crippen LogP contribution in [-0.4, -0.2) is 29.9 Å². The van der Waals surface area contributed by atoms with E-state index in [2.05, 4.69) is 0 Å². The number of fused-ring (bicyclic) bond motifs is 1. The van der Waals surface area contributed by atoms with Gasteiger partial charge in [0.15, 0.2) is 0 Å². The fourth-order valence-corrected chi connectivity index (χ4v) is 4.15. The van der Waals surface area contributed by atoms with Crippen molar-refractivity contribution in [1.29, 1.82) is 0 Å². The fraction of sp³-hybridized carbons (Fsp3) is 0.350. The minimum Gasteiger partial charge on any atom is -0.338 e. The Balaban J connectivity index is 1.55. The van der Waals surface area contributed by atoms with Crippen LogP contribution in [0, 0.1) is 23.5 Å². The van der Waals surface area contributed by atoms with Crippen LogP contribution in [0.2, 0.25) is 0 Å². The molecule has 5 heteroatoms. The lowest BCUT2D eigenvalue weighted by molar-refractivity contribution is 0.0775. The molecule has 3 nitrogen and oxygen atoms in total. The predicted octanol–water partition coefficient (Wildman–Crippen LogP) is 3.44. The molecular weight excluding hydrogens is 322 g/mol. The number of carbonyl (C=O) groups excluding carboxylic acids is 1. The lowest BCUT2D eigenvalue weighted by atomic mass is 9.98. The van der Waals surface area contributed by atoms with Crippen molar-refractivity contribution in [2.24, 2.45) is 17.6 Å². The molecule has 0 aromatic heterocycles. The molecule has 2 aliphatic rings. The van der Waals surface area contributed by atoms with Gasteiger partial charge in [-0.15, -0.1) is 0 Å². The highest BCUT2D eigenvalue weighted by Crippen LogP contribution is 2.37. The zero-order valence-electron chi connectivity index (χ0n) is 13.8. The third-order valence-corrected chi connectivity index (χ3v) is 5.58. The zero-order valence-corrected chi connectivity index (χ0v) is 13.8. The van der Waals surface area contributed by atoms with Gasteiger partial charge in [-0.1, -0.05) is 18.2 Å². The largest absolute Gasteiger partial charge is 0.338 e. The van der Waals surface area contributed by atoms with Crippen molar-refractivity contribution in [2.75, 3.05) is 13.1 Å². The van der Waals surface area contributed by atoms with Gasteiger partial charge < -0.3 is 10.6 Å². The van der Waals surface area contributed by atoms with Gasteiger partial charge in [0, 0.05) is 19.1 Å². The van der Waals surface area contributed by atoms with Crippen molar-refractivity contribution in [3.8, 4) is 11.1 Å². The predicted molar refractivity (Wildman–Crippen MR) is 91.9 cm³/mol. The molecule has 2 fully saturated rings. The molecule has 1 saturated heterocycles. The van der Waals surface area contributed by atoms with E-state index in [1.165, 1.54) is 24.3 Å². The number of nitrogens with zero attached hydrogens (tertiary/aromatic N) is 1. The van der Waals surface area contributed by atoms with Crippen LogP contribution < -0.4 is 5.73 Å². The molecule has 0 spiro atoms. The van der Waals surface area contributed by atoms with Gasteiger partial charge in [-0.3, -0.25) is 4.79 Å². The molecule has 2 aromatic rings. The van der Waals surface area contributed by atoms with E-state index in [-0.39, 0.29) is 23.3 Å². The van der Waals surface area contributed by atoms with Gasteiger partial charge in [0.25, 0.3) is 5.91 Å². The van der Waals surface area contributed by atoms with Crippen LogP contribution in [0.5, 0.6) is 0 Å². The molecule has 25 heavy (non-hydrogen) atoms. The van der Waals surface area contributed by atoms with E-state index in [1.54, 1.807) is 23.1 Å². The van der Waals surface area contributed by atoms with E-state index in [4.69, 9.17) is 5.73 Å². The highest BCUT2D eigenvalue weighted by Gasteiger charge is 2.42. The number of carbonyl (C=O) groups is 1. The summed E-state index contributed by atoms with van der Waals surface area (Å²) in [6, 6.07) is 10.5. The molecule has 4 rings (SSSR count). The summed E-state index contributed by atoms with van der Waals surface area (Å²) in [6.45, 7) is 1.28. The molecule has 1 aliphatic heterocycles. The molecule has 3 atom stereocenters. The van der Waals surface area contributed by atoms with Crippen LogP contribution in [0.4, 0.5) is 8.78 Å². The molecular formula is C20H20F2N2O. The first-order valence-electron chi connectivity index (χ1n) is 8.63. The minimum atomic E-state index is -0.548. The maximum absolute atomic E-state index is 14.5. The van der Waals surface area contributed by atoms with Gasteiger partial charge in [-0.25, -0.2) is 8.78 Å². The van der Waals surface area contributed by atoms with E-state index in [1.807, 2.05) is 0 Å². The van der Waals surface area contributed by atoms with Crippen molar-refractivity contribution in [2.45, 2.75) is 18.9 Å². The van der Waals surface area contributed by atoms with Gasteiger partial charge in [0.1, 0.15) is 11.6 Å². The second-order valence-corrected chi connectivity index (χ2v) is 7.08. The minimum absolute atomic E-state index is 0.0828. The first kappa shape index (κ1) is 16.2. The Bertz CT molecular complexity index is 806. The molecule has 1 heterocycles. The smallest absolute Gasteiger partial charge is 0.256 e. The van der Waals surface area contributed by atoms with Crippen molar-refractivity contribution in [1.82, 2.24) is 4.90 Å². The SMILES string of the molecule is NC1CCC2CN(C(=O)c3ccc(-c4ccc(F)cc4)cc3F)CC12. The Morgan fingerprint density at radius 2 is 1.72 bits per heavy atom. The third kappa shape index (κ3) is 2.93. The molecule has 1 saturated carbocycles. The Hall–Kier alpha value is -2.27. The molecule has 3 unspecified atom stereocenters. The Morgan fingerprint density at radius 1 is 1.00 bits per heavy atom. The number of halogens is 2. The van der Waals surface area contributed by atoms with Crippen LogP contribution in [0.15, 0.2) is 42.5 Å². The lowest BCUT2D eigenvalue weighted by Gasteiger charge is -2.19. The van der Waals surface area contributed by atoms with Crippen molar-refractivity contribution < 1.29 is 13.6 Å². The van der Waals surface area contributed by atoms with E-state index < -0.39 is 5.82 Å². The topological polar surface area (TPSA) is 46.3 Å². The average Bonchev–Trinajstić information content (AvgIpc) is 3.17. The second-order valence-electron chi connectivity index (χ2n) is 7.08. The molecule has 1 amide bonds. The Kier molecular flexibility index (Phi) is 4.04. The highest BCUT2D eigenvalue weighted by atomic mass is 19.1. The quantitative estimate of drug-likeness (QED) is 0.909. The number of hydrogen-bond donors (Lipinski definition) is 1. The Morgan fingerprint density at radius 3 is 2.40 bits per heavy atom. The number of likely N-dealkylation sites (tertiary alicyclic amines) is 1. The molecule has 130 valence electrons. The van der Waals surface area contributed by atoms with Crippen molar-refractivity contribution >= 4 is 5.91 Å². The van der Waals surface area contributed by atoms with Crippen LogP contribution >= 0.6 is 0 Å². The first-order valence-corrected chi connectivity index (χ1v) is 8.63. The molecule has 0 radical (unpaired) electrons. The summed E-state index contributed by atoms with van der Waals surface area (Å²) in [5.41, 5.74) is 7.52. The maximum Gasteiger partial charge on any atom is 0.256 e. The van der Waals surface area contributed by atoms with Gasteiger partial charge in [0.2, 0.25) is 0 Å². The summed E-state index contributed by atoms with van der Waals surface area (Å²) < 4.78 is 27.6. The van der Waals surface area contributed by atoms with E-state index in [0.29, 0.717) is 36.1 Å². The number of nitrogens with two attached hydrogens (primary N) is 1. The number of amides is 1. The molecule has 1 aliphatic carbocycles. The van der Waals surface area contributed by atoms with Gasteiger partial charge in [-0.2, -0.15) is 0 Å². The number of rotatable bonds is 2. The number of hydrogen-bond acceptors (Lipinski definition) is 2. The van der Waals surface area contributed by atoms with Gasteiger partial charge in [0.05, 0.1) is 5.56 Å². The summed E-state index contributed by atoms with van der Waals surface area (Å²) in [6.07, 6.45) is 2.06. The molecule has 2 N–H and O–H groups in total. The Labute approximate surface area is 145 Å². The summed E-state index contributed by atoms with van der Waals surface area (Å²) in [5, 5.41) is 0. The molecule has 0 bridgehead atoms. The summed E-state index contributed by atoms with van der Waals surface area (Å²) in [5.74, 6) is -0.377. The van der Waals surface area contributed by atoms with Gasteiger partial charge in [-0.05, 0) is 60.1 Å². The molecule has 2 aromatic carbocycles. The fourth-order valence-electron chi connectivity index (χ4n) is 4.15. The van der Waals surface area contributed by atoms with E-state index >= 15 is 0 Å². The first-order chi connectivity index (χ1) is 12.0. The normalized spacial score (nSPS) is 25.2. The standard InChI is InChI=1S/C20H20F2N2O/c21-15-5-1-12(2-6-15)13-3-7-16(18(22)9-13)20(25)24-10-14-4-8-19(23)17(14)11-24/h1-3,5-7,9,14,17,19H,4,8,10-11,23H2. The zero-order chi connectivity index (χ0) is 17.6. The van der Waals surface area contributed by atoms with E-state index in [0.717, 1.165) is 12.8 Å². The van der Waals surface area contributed by atoms with Crippen molar-refractivity contribution in [3.63, 3.8) is 0 Å². The summed E-state index contributed by atoms with van der Waals surface area (Å²) in [7, 11) is 0. The average molecular weight is 342 g/mol. The highest BCUT2D eigenvalue weighted by molar-refractivity contribution is 5.95. The second kappa shape index (κ2) is 6.23. The maximum atomic E-state index is 14.5.